The first-order valence-corrected chi connectivity index (χ1v) is 15.1. The minimum atomic E-state index is -0.657. The van der Waals surface area contributed by atoms with Crippen molar-refractivity contribution in [3.63, 3.8) is 0 Å². The lowest BCUT2D eigenvalue weighted by molar-refractivity contribution is -0.146. The Kier molecular flexibility index (Phi) is 14.7. The zero-order valence-corrected chi connectivity index (χ0v) is 28.4. The van der Waals surface area contributed by atoms with Gasteiger partial charge in [0.25, 0.3) is 0 Å². The molecule has 0 saturated heterocycles. The molecule has 0 aromatic heterocycles. The summed E-state index contributed by atoms with van der Waals surface area (Å²) < 4.78 is 42.9. The SMILES string of the molecule is C=CC(=O)OCOc1ccc(C#Cc2cc(OCOC(=O)C(=C)C)c(-c3ccc(OCOC(=O)C(=C)C)cc3)c(OCOC(=O)C(=C)C)c2)cc1. The lowest BCUT2D eigenvalue weighted by Crippen LogP contribution is -2.13. The van der Waals surface area contributed by atoms with Crippen LogP contribution in [0.2, 0.25) is 0 Å². The highest BCUT2D eigenvalue weighted by Crippen LogP contribution is 2.40. The van der Waals surface area contributed by atoms with E-state index in [0.717, 1.165) is 6.08 Å². The van der Waals surface area contributed by atoms with Crippen molar-refractivity contribution in [3.8, 4) is 46.0 Å². The molecule has 12 nitrogen and oxygen atoms in total. The molecule has 0 heterocycles. The molecule has 0 radical (unpaired) electrons. The van der Waals surface area contributed by atoms with Gasteiger partial charge in [-0.05, 0) is 74.9 Å². The molecule has 0 fully saturated rings. The summed E-state index contributed by atoms with van der Waals surface area (Å²) in [5.74, 6) is 4.83. The predicted octanol–water partition coefficient (Wildman–Crippen LogP) is 6.19. The number of hydrogen-bond acceptors (Lipinski definition) is 12. The fraction of sp³-hybridized carbons (Fsp3) is 0.179. The molecule has 0 amide bonds. The molecule has 0 aliphatic carbocycles. The van der Waals surface area contributed by atoms with Gasteiger partial charge in [-0.3, -0.25) is 0 Å². The molecule has 12 heteroatoms. The van der Waals surface area contributed by atoms with Crippen molar-refractivity contribution < 1.29 is 57.1 Å². The number of esters is 4. The molecule has 0 aliphatic heterocycles. The van der Waals surface area contributed by atoms with Crippen LogP contribution in [0.4, 0.5) is 0 Å². The summed E-state index contributed by atoms with van der Waals surface area (Å²) in [4.78, 5) is 47.1. The second-order valence-electron chi connectivity index (χ2n) is 10.5. The Morgan fingerprint density at radius 2 is 0.961 bits per heavy atom. The van der Waals surface area contributed by atoms with Crippen LogP contribution in [-0.2, 0) is 38.1 Å². The van der Waals surface area contributed by atoms with E-state index in [9.17, 15) is 19.2 Å². The maximum atomic E-state index is 12.1. The van der Waals surface area contributed by atoms with Crippen molar-refractivity contribution in [3.05, 3.63) is 121 Å². The van der Waals surface area contributed by atoms with Crippen LogP contribution in [0.5, 0.6) is 23.0 Å². The average Bonchev–Trinajstić information content (AvgIpc) is 3.11. The van der Waals surface area contributed by atoms with Crippen LogP contribution in [0, 0.1) is 11.8 Å². The van der Waals surface area contributed by atoms with Gasteiger partial charge < -0.3 is 37.9 Å². The van der Waals surface area contributed by atoms with Gasteiger partial charge in [-0.1, -0.05) is 50.3 Å². The van der Waals surface area contributed by atoms with Gasteiger partial charge in [0, 0.05) is 33.9 Å². The van der Waals surface area contributed by atoms with Gasteiger partial charge in [0.2, 0.25) is 27.2 Å². The largest absolute Gasteiger partial charge is 0.457 e. The topological polar surface area (TPSA) is 142 Å². The van der Waals surface area contributed by atoms with Crippen molar-refractivity contribution in [1.82, 2.24) is 0 Å². The summed E-state index contributed by atoms with van der Waals surface area (Å²) in [6.45, 7) is 17.0. The molecule has 0 aliphatic rings. The Hall–Kier alpha value is -6.74. The third-order valence-corrected chi connectivity index (χ3v) is 6.28. The number of rotatable bonds is 17. The molecule has 0 bridgehead atoms. The molecule has 0 spiro atoms. The normalized spacial score (nSPS) is 9.86. The summed E-state index contributed by atoms with van der Waals surface area (Å²) in [5, 5.41) is 0. The Morgan fingerprint density at radius 1 is 0.569 bits per heavy atom. The van der Waals surface area contributed by atoms with E-state index in [-0.39, 0.29) is 41.8 Å². The monoisotopic (exact) mass is 696 g/mol. The summed E-state index contributed by atoms with van der Waals surface area (Å²) >= 11 is 0. The van der Waals surface area contributed by atoms with Crippen LogP contribution in [0.3, 0.4) is 0 Å². The Morgan fingerprint density at radius 3 is 1.39 bits per heavy atom. The van der Waals surface area contributed by atoms with E-state index in [4.69, 9.17) is 37.9 Å². The summed E-state index contributed by atoms with van der Waals surface area (Å²) in [7, 11) is 0. The zero-order valence-electron chi connectivity index (χ0n) is 28.4. The van der Waals surface area contributed by atoms with Crippen LogP contribution in [0.15, 0.2) is 110 Å². The van der Waals surface area contributed by atoms with E-state index in [1.807, 2.05) is 0 Å². The maximum Gasteiger partial charge on any atom is 0.335 e. The molecule has 264 valence electrons. The van der Waals surface area contributed by atoms with Gasteiger partial charge in [0.1, 0.15) is 23.0 Å². The van der Waals surface area contributed by atoms with Crippen LogP contribution in [-0.4, -0.2) is 51.0 Å². The first-order valence-electron chi connectivity index (χ1n) is 15.1. The number of ether oxygens (including phenoxy) is 8. The highest BCUT2D eigenvalue weighted by atomic mass is 16.7. The Labute approximate surface area is 295 Å². The number of benzene rings is 3. The molecule has 0 unspecified atom stereocenters. The van der Waals surface area contributed by atoms with Gasteiger partial charge in [0.05, 0.1) is 5.56 Å². The third kappa shape index (κ3) is 12.7. The Bertz CT molecular complexity index is 1810. The van der Waals surface area contributed by atoms with Gasteiger partial charge in [-0.25, -0.2) is 19.2 Å². The highest BCUT2D eigenvalue weighted by Gasteiger charge is 2.18. The molecular weight excluding hydrogens is 660 g/mol. The third-order valence-electron chi connectivity index (χ3n) is 6.28. The smallest absolute Gasteiger partial charge is 0.335 e. The lowest BCUT2D eigenvalue weighted by Gasteiger charge is -2.18. The van der Waals surface area contributed by atoms with E-state index in [0.29, 0.717) is 33.8 Å². The van der Waals surface area contributed by atoms with E-state index in [2.05, 4.69) is 38.2 Å². The maximum absolute atomic E-state index is 12.1. The van der Waals surface area contributed by atoms with Crippen molar-refractivity contribution in [1.29, 1.82) is 0 Å². The first kappa shape index (κ1) is 38.7. The van der Waals surface area contributed by atoms with Gasteiger partial charge in [-0.2, -0.15) is 0 Å². The van der Waals surface area contributed by atoms with Crippen LogP contribution < -0.4 is 18.9 Å². The van der Waals surface area contributed by atoms with E-state index in [1.54, 1.807) is 60.7 Å². The molecule has 0 N–H and O–H groups in total. The number of carbonyl (C=O) groups is 4. The molecule has 51 heavy (non-hydrogen) atoms. The summed E-state index contributed by atoms with van der Waals surface area (Å²) in [6, 6.07) is 16.6. The van der Waals surface area contributed by atoms with Crippen LogP contribution >= 0.6 is 0 Å². The molecule has 0 saturated carbocycles. The summed E-state index contributed by atoms with van der Waals surface area (Å²) in [6.07, 6.45) is 1.03. The first-order chi connectivity index (χ1) is 24.4. The quantitative estimate of drug-likeness (QED) is 0.0523. The van der Waals surface area contributed by atoms with E-state index in [1.165, 1.54) is 20.8 Å². The standard InChI is InChI=1S/C39H36O12/c1-8-35(40)48-21-44-31-15-11-28(12-16-31)9-10-29-19-33(46-23-50-38(42)26(4)5)36(34(20-29)47-24-51-39(43)27(6)7)30-13-17-32(18-14-30)45-22-49-37(41)25(2)3/h8,11-20H,1-2,4,6,21-24H2,3,5,7H3. The second kappa shape index (κ2) is 19.3. The number of hydrogen-bond donors (Lipinski definition) is 0. The fourth-order valence-electron chi connectivity index (χ4n) is 3.70. The lowest BCUT2D eigenvalue weighted by atomic mass is 10.0. The predicted molar refractivity (Wildman–Crippen MR) is 185 cm³/mol. The molecular formula is C39H36O12. The van der Waals surface area contributed by atoms with E-state index < -0.39 is 37.5 Å². The van der Waals surface area contributed by atoms with Crippen LogP contribution in [0.1, 0.15) is 31.9 Å². The van der Waals surface area contributed by atoms with Crippen molar-refractivity contribution in [2.24, 2.45) is 0 Å². The minimum Gasteiger partial charge on any atom is -0.457 e. The molecule has 0 atom stereocenters. The average molecular weight is 697 g/mol. The molecule has 3 aromatic carbocycles. The molecule has 3 aromatic rings. The van der Waals surface area contributed by atoms with Crippen molar-refractivity contribution in [2.45, 2.75) is 20.8 Å². The Balaban J connectivity index is 1.98. The van der Waals surface area contributed by atoms with Gasteiger partial charge >= 0.3 is 23.9 Å². The molecule has 3 rings (SSSR count). The zero-order chi connectivity index (χ0) is 37.3. The van der Waals surface area contributed by atoms with Crippen molar-refractivity contribution >= 4 is 23.9 Å². The van der Waals surface area contributed by atoms with Crippen LogP contribution in [0.25, 0.3) is 11.1 Å². The van der Waals surface area contributed by atoms with Gasteiger partial charge in [-0.15, -0.1) is 0 Å². The highest BCUT2D eigenvalue weighted by molar-refractivity contribution is 5.88. The second-order valence-corrected chi connectivity index (χ2v) is 10.5. The van der Waals surface area contributed by atoms with E-state index >= 15 is 0 Å². The van der Waals surface area contributed by atoms with Crippen molar-refractivity contribution in [2.75, 3.05) is 27.2 Å². The summed E-state index contributed by atoms with van der Waals surface area (Å²) in [5.41, 5.74) is 2.61. The number of carbonyl (C=O) groups excluding carboxylic acids is 4. The fourth-order valence-corrected chi connectivity index (χ4v) is 3.70. The minimum absolute atomic E-state index is 0.181. The van der Waals surface area contributed by atoms with Gasteiger partial charge in [0.15, 0.2) is 0 Å².